The minimum absolute atomic E-state index is 0.0286. The summed E-state index contributed by atoms with van der Waals surface area (Å²) < 4.78 is 9.33. The summed E-state index contributed by atoms with van der Waals surface area (Å²) in [7, 11) is -0.890. The number of carbonyl (C=O) groups excluding carboxylic acids is 1. The van der Waals surface area contributed by atoms with E-state index in [1.54, 1.807) is 16.6 Å². The number of aryl methyl sites for hydroxylation is 2. The van der Waals surface area contributed by atoms with Gasteiger partial charge in [-0.3, -0.25) is 9.48 Å². The summed E-state index contributed by atoms with van der Waals surface area (Å²) in [5.74, 6) is -0.257. The van der Waals surface area contributed by atoms with Crippen LogP contribution in [0.3, 0.4) is 0 Å². The second-order valence-corrected chi connectivity index (χ2v) is 14.4. The second-order valence-electron chi connectivity index (χ2n) is 9.60. The minimum atomic E-state index is -2.68. The Morgan fingerprint density at radius 3 is 2.72 bits per heavy atom. The third-order valence-electron chi connectivity index (χ3n) is 6.90. The number of amides is 1. The van der Waals surface area contributed by atoms with Gasteiger partial charge in [0.25, 0.3) is 5.91 Å². The molecule has 2 aliphatic heterocycles. The summed E-state index contributed by atoms with van der Waals surface area (Å²) in [5, 5.41) is 17.3. The lowest BCUT2D eigenvalue weighted by atomic mass is 9.82. The van der Waals surface area contributed by atoms with Crippen molar-refractivity contribution in [2.45, 2.75) is 63.6 Å². The average molecular weight is 524 g/mol. The van der Waals surface area contributed by atoms with Crippen LogP contribution in [-0.2, 0) is 28.1 Å². The number of aliphatic hydroxyl groups is 1. The Labute approximate surface area is 197 Å². The van der Waals surface area contributed by atoms with Crippen molar-refractivity contribution in [3.63, 3.8) is 0 Å². The van der Waals surface area contributed by atoms with Gasteiger partial charge in [-0.15, -0.1) is 5.10 Å². The van der Waals surface area contributed by atoms with Gasteiger partial charge < -0.3 is 19.5 Å². The van der Waals surface area contributed by atoms with Crippen LogP contribution in [0.4, 0.5) is 5.69 Å². The molecule has 2 N–H and O–H groups in total. The van der Waals surface area contributed by atoms with Crippen LogP contribution in [0.2, 0.25) is 18.6 Å². The van der Waals surface area contributed by atoms with Crippen molar-refractivity contribution in [3.8, 4) is 0 Å². The number of carbonyl (C=O) groups is 1. The van der Waals surface area contributed by atoms with Gasteiger partial charge in [-0.25, -0.2) is 0 Å². The zero-order valence-electron chi connectivity index (χ0n) is 19.2. The first kappa shape index (κ1) is 23.6. The Bertz CT molecular complexity index is 1040. The number of anilines is 1. The zero-order valence-corrected chi connectivity index (χ0v) is 21.8. The highest BCUT2D eigenvalue weighted by molar-refractivity contribution is 9.10. The van der Waals surface area contributed by atoms with Gasteiger partial charge in [-0.2, -0.15) is 0 Å². The molecule has 1 aromatic heterocycles. The van der Waals surface area contributed by atoms with Crippen molar-refractivity contribution in [3.05, 3.63) is 39.6 Å². The molecule has 1 spiro atoms. The van der Waals surface area contributed by atoms with Gasteiger partial charge in [0.05, 0.1) is 17.5 Å². The van der Waals surface area contributed by atoms with Crippen LogP contribution in [-0.4, -0.2) is 58.9 Å². The highest BCUT2D eigenvalue weighted by atomic mass is 79.9. The number of ether oxygens (including phenoxy) is 1. The van der Waals surface area contributed by atoms with E-state index in [0.717, 1.165) is 27.0 Å². The third-order valence-corrected chi connectivity index (χ3v) is 10.0. The van der Waals surface area contributed by atoms with Crippen LogP contribution in [0.1, 0.15) is 30.2 Å². The molecule has 174 valence electrons. The fourth-order valence-electron chi connectivity index (χ4n) is 5.61. The molecular formula is C22H31BrN4O4Si. The molecule has 0 bridgehead atoms. The van der Waals surface area contributed by atoms with E-state index in [0.29, 0.717) is 19.4 Å². The predicted octanol–water partition coefficient (Wildman–Crippen LogP) is 2.75. The van der Waals surface area contributed by atoms with Crippen molar-refractivity contribution in [1.29, 1.82) is 0 Å². The fourth-order valence-corrected chi connectivity index (χ4v) is 9.06. The van der Waals surface area contributed by atoms with Crippen molar-refractivity contribution in [1.82, 2.24) is 15.0 Å². The van der Waals surface area contributed by atoms with E-state index in [9.17, 15) is 9.59 Å². The van der Waals surface area contributed by atoms with E-state index < -0.39 is 13.9 Å². The van der Waals surface area contributed by atoms with E-state index in [-0.39, 0.29) is 30.1 Å². The number of halogens is 1. The number of rotatable bonds is 6. The van der Waals surface area contributed by atoms with Crippen LogP contribution in [0.5, 0.6) is 0 Å². The lowest BCUT2D eigenvalue weighted by Gasteiger charge is -2.32. The molecule has 2 aliphatic rings. The lowest BCUT2D eigenvalue weighted by molar-refractivity contribution is -0.145. The number of likely N-dealkylation sites (N-methyl/N-ethyl adjacent to an activating group) is 1. The van der Waals surface area contributed by atoms with E-state index in [4.69, 9.17) is 9.84 Å². The molecule has 2 aromatic rings. The summed E-state index contributed by atoms with van der Waals surface area (Å²) in [5.41, 5.74) is 2.28. The average Bonchev–Trinajstić information content (AvgIpc) is 3.32. The largest absolute Gasteiger partial charge is 0.432 e. The van der Waals surface area contributed by atoms with Crippen LogP contribution >= 0.6 is 15.9 Å². The zero-order chi connectivity index (χ0) is 23.4. The summed E-state index contributed by atoms with van der Waals surface area (Å²) >= 11 is 3.64. The number of hydrogen-bond acceptors (Lipinski definition) is 6. The van der Waals surface area contributed by atoms with E-state index in [1.165, 1.54) is 0 Å². The number of fused-ring (bicyclic) bond motifs is 2. The van der Waals surface area contributed by atoms with Gasteiger partial charge in [-0.05, 0) is 54.0 Å². The van der Waals surface area contributed by atoms with Crippen LogP contribution in [0.25, 0.3) is 0 Å². The molecule has 8 nitrogen and oxygen atoms in total. The Hall–Kier alpha value is -1.59. The normalized spacial score (nSPS) is 27.6. The molecule has 0 aliphatic carbocycles. The third kappa shape index (κ3) is 3.65. The molecule has 4 rings (SSSR count). The molecule has 0 unspecified atom stereocenters. The van der Waals surface area contributed by atoms with Gasteiger partial charge in [0.1, 0.15) is 0 Å². The predicted molar refractivity (Wildman–Crippen MR) is 127 cm³/mol. The maximum absolute atomic E-state index is 13.7. The monoisotopic (exact) mass is 522 g/mol. The minimum Gasteiger partial charge on any atom is -0.432 e. The lowest BCUT2D eigenvalue weighted by Crippen LogP contribution is -2.45. The van der Waals surface area contributed by atoms with Gasteiger partial charge in [0, 0.05) is 54.3 Å². The summed E-state index contributed by atoms with van der Waals surface area (Å²) in [6.07, 6.45) is 2.61. The SMILES string of the molecule is Cc1cc(Br)c2c(c1)[C@@]1(O[C@H](CCn3cc(CCO)nn3)[C@@H]([Si](C)(C)O)[C@@H]1C)C(=O)N2C. The quantitative estimate of drug-likeness (QED) is 0.565. The Morgan fingerprint density at radius 2 is 2.06 bits per heavy atom. The van der Waals surface area contributed by atoms with Crippen LogP contribution in [0.15, 0.2) is 22.8 Å². The smallest absolute Gasteiger partial charge is 0.264 e. The molecule has 0 saturated carbocycles. The number of hydrogen-bond donors (Lipinski definition) is 2. The highest BCUT2D eigenvalue weighted by Crippen LogP contribution is 2.60. The summed E-state index contributed by atoms with van der Waals surface area (Å²) in [6, 6.07) is 4.05. The second kappa shape index (κ2) is 8.32. The molecule has 1 amide bonds. The molecule has 0 radical (unpaired) electrons. The maximum atomic E-state index is 13.7. The number of benzene rings is 1. The van der Waals surface area contributed by atoms with Gasteiger partial charge >= 0.3 is 0 Å². The van der Waals surface area contributed by atoms with Crippen LogP contribution < -0.4 is 4.90 Å². The molecule has 1 saturated heterocycles. The fraction of sp³-hybridized carbons (Fsp3) is 0.591. The topological polar surface area (TPSA) is 101 Å². The van der Waals surface area contributed by atoms with E-state index in [2.05, 4.69) is 26.2 Å². The highest BCUT2D eigenvalue weighted by Gasteiger charge is 2.65. The van der Waals surface area contributed by atoms with Crippen molar-refractivity contribution < 1.29 is 19.4 Å². The first-order valence-electron chi connectivity index (χ1n) is 11.0. The first-order chi connectivity index (χ1) is 15.0. The Balaban J connectivity index is 1.70. The number of aromatic nitrogens is 3. The molecule has 10 heteroatoms. The number of aliphatic hydroxyl groups excluding tert-OH is 1. The molecule has 3 heterocycles. The molecule has 1 fully saturated rings. The van der Waals surface area contributed by atoms with Crippen molar-refractivity contribution >= 4 is 35.8 Å². The Kier molecular flexibility index (Phi) is 6.13. The summed E-state index contributed by atoms with van der Waals surface area (Å²) in [6.45, 7) is 8.49. The van der Waals surface area contributed by atoms with E-state index >= 15 is 0 Å². The number of nitrogens with zero attached hydrogens (tertiary/aromatic N) is 4. The molecule has 32 heavy (non-hydrogen) atoms. The molecule has 1 aromatic carbocycles. The first-order valence-corrected chi connectivity index (χ1v) is 14.8. The van der Waals surface area contributed by atoms with Crippen molar-refractivity contribution in [2.24, 2.45) is 5.92 Å². The van der Waals surface area contributed by atoms with Crippen molar-refractivity contribution in [2.75, 3.05) is 18.6 Å². The van der Waals surface area contributed by atoms with Gasteiger partial charge in [0.2, 0.25) is 0 Å². The van der Waals surface area contributed by atoms with Crippen LogP contribution in [0, 0.1) is 12.8 Å². The Morgan fingerprint density at radius 1 is 1.34 bits per heavy atom. The molecular weight excluding hydrogens is 492 g/mol. The summed E-state index contributed by atoms with van der Waals surface area (Å²) in [4.78, 5) is 26.6. The van der Waals surface area contributed by atoms with E-state index in [1.807, 2.05) is 45.3 Å². The molecule has 4 atom stereocenters. The standard InChI is InChI=1S/C22H31BrN4O4Si/c1-13-10-16-19(17(23)11-13)26(3)21(29)22(16)14(2)20(32(4,5)30)18(31-22)6-8-27-12-15(7-9-28)24-25-27/h10-12,14,18,20,28,30H,6-9H2,1-5H3/t14-,18+,20-,22+/m0/s1. The van der Waals surface area contributed by atoms with Gasteiger partial charge in [0.15, 0.2) is 13.9 Å². The van der Waals surface area contributed by atoms with Gasteiger partial charge in [-0.1, -0.05) is 18.2 Å². The maximum Gasteiger partial charge on any atom is 0.264 e.